The molecule has 5 rings (SSSR count). The molecule has 0 N–H and O–H groups in total. The molecule has 156 valence electrons. The number of nitrogens with zero attached hydrogens (tertiary/aromatic N) is 6. The number of aromatic nitrogens is 5. The molecule has 3 aromatic rings. The zero-order valence-corrected chi connectivity index (χ0v) is 17.4. The Kier molecular flexibility index (Phi) is 4.56. The monoisotopic (exact) mass is 406 g/mol. The van der Waals surface area contributed by atoms with Crippen LogP contribution in [0.5, 0.6) is 0 Å². The number of fused-ring (bicyclic) bond motifs is 3. The third-order valence-electron chi connectivity index (χ3n) is 6.28. The van der Waals surface area contributed by atoms with Crippen LogP contribution in [0.25, 0.3) is 0 Å². The number of benzene rings is 1. The Labute approximate surface area is 174 Å². The Balaban J connectivity index is 1.38. The number of hydrogen-bond acceptors (Lipinski definition) is 4. The average molecular weight is 406 g/mol. The van der Waals surface area contributed by atoms with Crippen LogP contribution in [-0.4, -0.2) is 47.0 Å². The highest BCUT2D eigenvalue weighted by atomic mass is 16.2. The van der Waals surface area contributed by atoms with Crippen LogP contribution in [0.4, 0.5) is 0 Å². The second-order valence-corrected chi connectivity index (χ2v) is 8.43. The van der Waals surface area contributed by atoms with Crippen molar-refractivity contribution in [2.75, 3.05) is 0 Å². The SMILES string of the molecule is Cc1cc(C)n(CC(=O)N2[C@@H]3CC[C@H]2Cc2nn(Cc4ccccc4)c(=O)n2C3)n1. The second-order valence-electron chi connectivity index (χ2n) is 8.43. The van der Waals surface area contributed by atoms with Gasteiger partial charge in [-0.1, -0.05) is 30.3 Å². The molecule has 8 nitrogen and oxygen atoms in total. The Morgan fingerprint density at radius 1 is 1.07 bits per heavy atom. The first-order valence-corrected chi connectivity index (χ1v) is 10.5. The van der Waals surface area contributed by atoms with Crippen molar-refractivity contribution in [3.05, 3.63) is 69.7 Å². The molecule has 2 bridgehead atoms. The van der Waals surface area contributed by atoms with E-state index in [0.717, 1.165) is 35.6 Å². The lowest BCUT2D eigenvalue weighted by molar-refractivity contribution is -0.135. The maximum Gasteiger partial charge on any atom is 0.346 e. The van der Waals surface area contributed by atoms with E-state index in [1.165, 1.54) is 0 Å². The van der Waals surface area contributed by atoms with Crippen LogP contribution in [0, 0.1) is 13.8 Å². The van der Waals surface area contributed by atoms with Crippen LogP contribution in [0.15, 0.2) is 41.2 Å². The fourth-order valence-electron chi connectivity index (χ4n) is 4.89. The van der Waals surface area contributed by atoms with Gasteiger partial charge in [-0.2, -0.15) is 10.2 Å². The van der Waals surface area contributed by atoms with Gasteiger partial charge in [0.15, 0.2) is 0 Å². The van der Waals surface area contributed by atoms with Crippen LogP contribution in [0.3, 0.4) is 0 Å². The molecule has 0 saturated carbocycles. The minimum atomic E-state index is -0.0904. The summed E-state index contributed by atoms with van der Waals surface area (Å²) in [5.41, 5.74) is 2.86. The van der Waals surface area contributed by atoms with Crippen molar-refractivity contribution in [1.82, 2.24) is 29.0 Å². The van der Waals surface area contributed by atoms with Crippen molar-refractivity contribution in [3.63, 3.8) is 0 Å². The topological polar surface area (TPSA) is 78.0 Å². The number of carbonyl (C=O) groups excluding carboxylic acids is 1. The number of rotatable bonds is 4. The maximum absolute atomic E-state index is 13.2. The zero-order chi connectivity index (χ0) is 20.8. The quantitative estimate of drug-likeness (QED) is 0.658. The molecule has 2 atom stereocenters. The van der Waals surface area contributed by atoms with E-state index in [4.69, 9.17) is 0 Å². The van der Waals surface area contributed by atoms with Gasteiger partial charge < -0.3 is 4.90 Å². The van der Waals surface area contributed by atoms with Gasteiger partial charge in [0, 0.05) is 24.7 Å². The molecule has 0 spiro atoms. The number of hydrogen-bond donors (Lipinski definition) is 0. The van der Waals surface area contributed by atoms with E-state index < -0.39 is 0 Å². The van der Waals surface area contributed by atoms with Gasteiger partial charge >= 0.3 is 5.69 Å². The molecular formula is C22H26N6O2. The molecule has 1 saturated heterocycles. The minimum absolute atomic E-state index is 0.0350. The Morgan fingerprint density at radius 2 is 1.83 bits per heavy atom. The molecule has 2 aromatic heterocycles. The average Bonchev–Trinajstić information content (AvgIpc) is 3.30. The lowest BCUT2D eigenvalue weighted by atomic mass is 10.1. The molecule has 2 aliphatic heterocycles. The highest BCUT2D eigenvalue weighted by molar-refractivity contribution is 5.77. The highest BCUT2D eigenvalue weighted by Gasteiger charge is 2.41. The van der Waals surface area contributed by atoms with Gasteiger partial charge in [0.1, 0.15) is 12.4 Å². The van der Waals surface area contributed by atoms with E-state index in [1.807, 2.05) is 55.1 Å². The van der Waals surface area contributed by atoms with Crippen molar-refractivity contribution >= 4 is 5.91 Å². The van der Waals surface area contributed by atoms with Gasteiger partial charge in [-0.25, -0.2) is 9.48 Å². The summed E-state index contributed by atoms with van der Waals surface area (Å²) in [6.45, 7) is 5.13. The molecule has 1 fully saturated rings. The maximum atomic E-state index is 13.2. The summed E-state index contributed by atoms with van der Waals surface area (Å²) in [6, 6.07) is 12.0. The summed E-state index contributed by atoms with van der Waals surface area (Å²) >= 11 is 0. The van der Waals surface area contributed by atoms with Gasteiger partial charge in [0.25, 0.3) is 0 Å². The van der Waals surface area contributed by atoms with Gasteiger partial charge in [0.2, 0.25) is 5.91 Å². The standard InChI is InChI=1S/C22H26N6O2/c1-15-10-16(2)26(23-15)14-21(29)28-18-8-9-19(28)13-25-20(11-18)24-27(22(25)30)12-17-6-4-3-5-7-17/h3-7,10,18-19H,8-9,11-14H2,1-2H3/t18-,19+/m0/s1. The Hall–Kier alpha value is -3.16. The van der Waals surface area contributed by atoms with E-state index in [1.54, 1.807) is 13.9 Å². The van der Waals surface area contributed by atoms with Crippen LogP contribution in [-0.2, 0) is 30.8 Å². The third-order valence-corrected chi connectivity index (χ3v) is 6.28. The Bertz CT molecular complexity index is 1140. The summed E-state index contributed by atoms with van der Waals surface area (Å²) in [5.74, 6) is 0.858. The van der Waals surface area contributed by atoms with E-state index in [-0.39, 0.29) is 30.2 Å². The highest BCUT2D eigenvalue weighted by Crippen LogP contribution is 2.30. The largest absolute Gasteiger partial charge is 0.346 e. The molecule has 30 heavy (non-hydrogen) atoms. The summed E-state index contributed by atoms with van der Waals surface area (Å²) in [4.78, 5) is 28.2. The minimum Gasteiger partial charge on any atom is -0.333 e. The molecule has 1 aromatic carbocycles. The fourth-order valence-corrected chi connectivity index (χ4v) is 4.89. The predicted molar refractivity (Wildman–Crippen MR) is 111 cm³/mol. The number of aryl methyl sites for hydroxylation is 2. The first-order chi connectivity index (χ1) is 14.5. The molecule has 4 heterocycles. The van der Waals surface area contributed by atoms with E-state index in [0.29, 0.717) is 19.5 Å². The lowest BCUT2D eigenvalue weighted by Crippen LogP contribution is -2.44. The van der Waals surface area contributed by atoms with Crippen molar-refractivity contribution in [3.8, 4) is 0 Å². The molecule has 8 heteroatoms. The van der Waals surface area contributed by atoms with Crippen molar-refractivity contribution in [1.29, 1.82) is 0 Å². The predicted octanol–water partition coefficient (Wildman–Crippen LogP) is 1.52. The molecule has 0 radical (unpaired) electrons. The summed E-state index contributed by atoms with van der Waals surface area (Å²) < 4.78 is 5.10. The molecular weight excluding hydrogens is 380 g/mol. The molecule has 0 unspecified atom stereocenters. The van der Waals surface area contributed by atoms with Crippen molar-refractivity contribution in [2.45, 2.75) is 64.8 Å². The van der Waals surface area contributed by atoms with Gasteiger partial charge in [-0.3, -0.25) is 14.0 Å². The van der Waals surface area contributed by atoms with Gasteiger partial charge in [0.05, 0.1) is 18.3 Å². The smallest absolute Gasteiger partial charge is 0.333 e. The van der Waals surface area contributed by atoms with Crippen LogP contribution < -0.4 is 5.69 Å². The van der Waals surface area contributed by atoms with Crippen LogP contribution in [0.2, 0.25) is 0 Å². The number of carbonyl (C=O) groups is 1. The van der Waals surface area contributed by atoms with Gasteiger partial charge in [-0.05, 0) is 38.3 Å². The van der Waals surface area contributed by atoms with Crippen molar-refractivity contribution < 1.29 is 4.79 Å². The molecule has 0 aliphatic carbocycles. The summed E-state index contributed by atoms with van der Waals surface area (Å²) in [7, 11) is 0. The molecule has 2 aliphatic rings. The van der Waals surface area contributed by atoms with Crippen LogP contribution >= 0.6 is 0 Å². The van der Waals surface area contributed by atoms with E-state index in [2.05, 4.69) is 10.2 Å². The van der Waals surface area contributed by atoms with Crippen molar-refractivity contribution in [2.24, 2.45) is 0 Å². The number of amides is 1. The normalized spacial score (nSPS) is 20.3. The first-order valence-electron chi connectivity index (χ1n) is 10.5. The van der Waals surface area contributed by atoms with Crippen LogP contribution in [0.1, 0.15) is 35.6 Å². The third kappa shape index (κ3) is 3.26. The Morgan fingerprint density at radius 3 is 2.57 bits per heavy atom. The lowest BCUT2D eigenvalue weighted by Gasteiger charge is -2.28. The van der Waals surface area contributed by atoms with E-state index in [9.17, 15) is 9.59 Å². The first kappa shape index (κ1) is 18.8. The van der Waals surface area contributed by atoms with Gasteiger partial charge in [-0.15, -0.1) is 0 Å². The zero-order valence-electron chi connectivity index (χ0n) is 17.4. The second kappa shape index (κ2) is 7.27. The summed E-state index contributed by atoms with van der Waals surface area (Å²) in [5, 5.41) is 9.06. The van der Waals surface area contributed by atoms with E-state index >= 15 is 0 Å². The summed E-state index contributed by atoms with van der Waals surface area (Å²) in [6.07, 6.45) is 2.49. The molecule has 1 amide bonds. The fraction of sp³-hybridized carbons (Fsp3) is 0.455.